The third-order valence-corrected chi connectivity index (χ3v) is 4.42. The van der Waals surface area contributed by atoms with E-state index < -0.39 is 0 Å². The molecule has 0 atom stereocenters. The van der Waals surface area contributed by atoms with E-state index in [1.54, 1.807) is 16.9 Å². The number of nitrogens with zero attached hydrogens (tertiary/aromatic N) is 5. The van der Waals surface area contributed by atoms with Gasteiger partial charge in [0.15, 0.2) is 5.65 Å². The van der Waals surface area contributed by atoms with Crippen molar-refractivity contribution in [3.05, 3.63) is 78.0 Å². The van der Waals surface area contributed by atoms with E-state index in [9.17, 15) is 4.39 Å². The zero-order chi connectivity index (χ0) is 19.5. The summed E-state index contributed by atoms with van der Waals surface area (Å²) in [4.78, 5) is 10.7. The van der Waals surface area contributed by atoms with Crippen LogP contribution >= 0.6 is 0 Å². The van der Waals surface area contributed by atoms with Gasteiger partial charge in [0, 0.05) is 18.7 Å². The van der Waals surface area contributed by atoms with Gasteiger partial charge in [0.2, 0.25) is 0 Å². The average molecular weight is 376 g/mol. The molecule has 0 aliphatic rings. The summed E-state index contributed by atoms with van der Waals surface area (Å²) in [5, 5.41) is 8.62. The van der Waals surface area contributed by atoms with Crippen molar-refractivity contribution in [1.82, 2.24) is 24.6 Å². The molecule has 0 saturated carbocycles. The van der Waals surface area contributed by atoms with Gasteiger partial charge < -0.3 is 10.2 Å². The Kier molecular flexibility index (Phi) is 4.99. The topological polar surface area (TPSA) is 58.9 Å². The highest BCUT2D eigenvalue weighted by atomic mass is 19.1. The molecule has 4 rings (SSSR count). The SMILES string of the molecule is CN(C)Cc1cc(CNc2ncnc3c2cnn3-c2ccccc2)ccc1F. The third kappa shape index (κ3) is 3.70. The summed E-state index contributed by atoms with van der Waals surface area (Å²) in [6.07, 6.45) is 3.28. The number of hydrogen-bond acceptors (Lipinski definition) is 5. The molecule has 0 amide bonds. The molecule has 2 heterocycles. The normalized spacial score (nSPS) is 11.3. The van der Waals surface area contributed by atoms with E-state index in [-0.39, 0.29) is 5.82 Å². The molecule has 0 unspecified atom stereocenters. The molecule has 0 aliphatic carbocycles. The Balaban J connectivity index is 1.59. The Bertz CT molecular complexity index is 1090. The first kappa shape index (κ1) is 18.1. The first-order chi connectivity index (χ1) is 13.6. The number of halogens is 1. The van der Waals surface area contributed by atoms with Crippen LogP contribution in [0, 0.1) is 5.82 Å². The van der Waals surface area contributed by atoms with Crippen molar-refractivity contribution in [2.75, 3.05) is 19.4 Å². The minimum absolute atomic E-state index is 0.189. The van der Waals surface area contributed by atoms with Gasteiger partial charge in [-0.2, -0.15) is 5.10 Å². The Hall–Kier alpha value is -3.32. The Labute approximate surface area is 162 Å². The summed E-state index contributed by atoms with van der Waals surface area (Å²) in [7, 11) is 3.85. The maximum Gasteiger partial charge on any atom is 0.168 e. The second-order valence-corrected chi connectivity index (χ2v) is 6.87. The van der Waals surface area contributed by atoms with E-state index in [0.717, 1.165) is 22.3 Å². The molecule has 0 spiro atoms. The number of anilines is 1. The number of nitrogens with one attached hydrogen (secondary N) is 1. The summed E-state index contributed by atoms with van der Waals surface area (Å²) in [5.74, 6) is 0.511. The fourth-order valence-electron chi connectivity index (χ4n) is 3.13. The molecule has 0 fully saturated rings. The second kappa shape index (κ2) is 7.74. The quantitative estimate of drug-likeness (QED) is 0.557. The van der Waals surface area contributed by atoms with E-state index in [1.165, 1.54) is 12.4 Å². The number of benzene rings is 2. The molecule has 142 valence electrons. The molecule has 0 aliphatic heterocycles. The van der Waals surface area contributed by atoms with E-state index >= 15 is 0 Å². The predicted octanol–water partition coefficient (Wildman–Crippen LogP) is 3.63. The molecule has 28 heavy (non-hydrogen) atoms. The molecule has 2 aromatic heterocycles. The molecule has 6 nitrogen and oxygen atoms in total. The molecule has 0 bridgehead atoms. The zero-order valence-electron chi connectivity index (χ0n) is 15.8. The summed E-state index contributed by atoms with van der Waals surface area (Å²) in [5.41, 5.74) is 3.33. The first-order valence-electron chi connectivity index (χ1n) is 9.02. The minimum Gasteiger partial charge on any atom is -0.365 e. The van der Waals surface area contributed by atoms with Crippen LogP contribution in [0.3, 0.4) is 0 Å². The number of hydrogen-bond donors (Lipinski definition) is 1. The molecule has 2 aromatic carbocycles. The van der Waals surface area contributed by atoms with E-state index in [2.05, 4.69) is 20.4 Å². The van der Waals surface area contributed by atoms with E-state index in [1.807, 2.05) is 55.4 Å². The van der Waals surface area contributed by atoms with Crippen LogP contribution < -0.4 is 5.32 Å². The second-order valence-electron chi connectivity index (χ2n) is 6.87. The van der Waals surface area contributed by atoms with Crippen LogP contribution in [0.5, 0.6) is 0 Å². The van der Waals surface area contributed by atoms with Gasteiger partial charge in [-0.3, -0.25) is 0 Å². The zero-order valence-corrected chi connectivity index (χ0v) is 15.8. The van der Waals surface area contributed by atoms with Crippen LogP contribution in [0.2, 0.25) is 0 Å². The largest absolute Gasteiger partial charge is 0.365 e. The van der Waals surface area contributed by atoms with Crippen molar-refractivity contribution in [2.45, 2.75) is 13.1 Å². The van der Waals surface area contributed by atoms with Gasteiger partial charge in [0.1, 0.15) is 18.0 Å². The van der Waals surface area contributed by atoms with Crippen molar-refractivity contribution >= 4 is 16.9 Å². The standard InChI is InChI=1S/C21H21FN6/c1-27(2)13-16-10-15(8-9-19(16)22)11-23-20-18-12-26-28(21(18)25-14-24-20)17-6-4-3-5-7-17/h3-10,12,14H,11,13H2,1-2H3,(H,23,24,25). The predicted molar refractivity (Wildman–Crippen MR) is 108 cm³/mol. The van der Waals surface area contributed by atoms with Crippen LogP contribution in [-0.4, -0.2) is 38.7 Å². The first-order valence-corrected chi connectivity index (χ1v) is 9.02. The van der Waals surface area contributed by atoms with Crippen molar-refractivity contribution in [2.24, 2.45) is 0 Å². The molecule has 0 radical (unpaired) electrons. The number of rotatable bonds is 6. The van der Waals surface area contributed by atoms with Crippen LogP contribution in [0.4, 0.5) is 10.2 Å². The van der Waals surface area contributed by atoms with Gasteiger partial charge in [0.25, 0.3) is 0 Å². The van der Waals surface area contributed by atoms with Crippen LogP contribution in [0.25, 0.3) is 16.7 Å². The number of aromatic nitrogens is 4. The summed E-state index contributed by atoms with van der Waals surface area (Å²) in [6, 6.07) is 15.0. The minimum atomic E-state index is -0.189. The van der Waals surface area contributed by atoms with Crippen molar-refractivity contribution in [3.63, 3.8) is 0 Å². The molecule has 1 N–H and O–H groups in total. The summed E-state index contributed by atoms with van der Waals surface area (Å²) in [6.45, 7) is 1.09. The van der Waals surface area contributed by atoms with Gasteiger partial charge in [-0.05, 0) is 43.9 Å². The number of para-hydroxylation sites is 1. The van der Waals surface area contributed by atoms with Crippen LogP contribution in [0.1, 0.15) is 11.1 Å². The van der Waals surface area contributed by atoms with Crippen molar-refractivity contribution in [1.29, 1.82) is 0 Å². The lowest BCUT2D eigenvalue weighted by Crippen LogP contribution is -2.12. The van der Waals surface area contributed by atoms with Crippen LogP contribution in [-0.2, 0) is 13.1 Å². The lowest BCUT2D eigenvalue weighted by molar-refractivity contribution is 0.392. The Morgan fingerprint density at radius 2 is 1.89 bits per heavy atom. The van der Waals surface area contributed by atoms with Gasteiger partial charge in [0.05, 0.1) is 17.3 Å². The highest BCUT2D eigenvalue weighted by Gasteiger charge is 2.11. The highest BCUT2D eigenvalue weighted by molar-refractivity contribution is 5.87. The van der Waals surface area contributed by atoms with E-state index in [0.29, 0.717) is 24.5 Å². The summed E-state index contributed by atoms with van der Waals surface area (Å²) >= 11 is 0. The fraction of sp³-hybridized carbons (Fsp3) is 0.190. The Morgan fingerprint density at radius 1 is 1.07 bits per heavy atom. The smallest absolute Gasteiger partial charge is 0.168 e. The van der Waals surface area contributed by atoms with Crippen LogP contribution in [0.15, 0.2) is 61.1 Å². The molecule has 4 aromatic rings. The lowest BCUT2D eigenvalue weighted by Gasteiger charge is -2.13. The molecule has 0 saturated heterocycles. The number of fused-ring (bicyclic) bond motifs is 1. The van der Waals surface area contributed by atoms with Gasteiger partial charge in [-0.25, -0.2) is 19.0 Å². The third-order valence-electron chi connectivity index (χ3n) is 4.42. The van der Waals surface area contributed by atoms with E-state index in [4.69, 9.17) is 0 Å². The molecule has 7 heteroatoms. The lowest BCUT2D eigenvalue weighted by atomic mass is 10.1. The van der Waals surface area contributed by atoms with Gasteiger partial charge >= 0.3 is 0 Å². The van der Waals surface area contributed by atoms with Gasteiger partial charge in [-0.1, -0.05) is 24.3 Å². The average Bonchev–Trinajstić information content (AvgIpc) is 3.13. The maximum absolute atomic E-state index is 14.0. The monoisotopic (exact) mass is 376 g/mol. The Morgan fingerprint density at radius 3 is 2.68 bits per heavy atom. The van der Waals surface area contributed by atoms with Crippen molar-refractivity contribution in [3.8, 4) is 5.69 Å². The summed E-state index contributed by atoms with van der Waals surface area (Å²) < 4.78 is 15.8. The molecular formula is C21H21FN6. The fourth-order valence-corrected chi connectivity index (χ4v) is 3.13. The maximum atomic E-state index is 14.0. The highest BCUT2D eigenvalue weighted by Crippen LogP contribution is 2.22. The van der Waals surface area contributed by atoms with Crippen molar-refractivity contribution < 1.29 is 4.39 Å². The molecular weight excluding hydrogens is 355 g/mol. The van der Waals surface area contributed by atoms with Gasteiger partial charge in [-0.15, -0.1) is 0 Å².